The highest BCUT2D eigenvalue weighted by molar-refractivity contribution is 6.04. The summed E-state index contributed by atoms with van der Waals surface area (Å²) >= 11 is 0. The number of rotatable bonds is 10. The summed E-state index contributed by atoms with van der Waals surface area (Å²) in [7, 11) is 9.20. The molecule has 0 aliphatic carbocycles. The summed E-state index contributed by atoms with van der Waals surface area (Å²) in [5, 5.41) is 0. The van der Waals surface area contributed by atoms with E-state index in [4.69, 9.17) is 23.7 Å². The Hall–Kier alpha value is -2.91. The molecule has 1 rings (SSSR count). The van der Waals surface area contributed by atoms with Gasteiger partial charge in [-0.15, -0.1) is 0 Å². The second kappa shape index (κ2) is 10.8. The van der Waals surface area contributed by atoms with Crippen LogP contribution in [0.25, 0.3) is 5.57 Å². The number of quaternary nitrogens is 1. The van der Waals surface area contributed by atoms with E-state index in [9.17, 15) is 14.4 Å². The number of carbonyl (C=O) groups excluding carboxylic acids is 3. The Balaban J connectivity index is 3.29. The third-order valence-corrected chi connectivity index (χ3v) is 4.45. The van der Waals surface area contributed by atoms with Gasteiger partial charge in [0.25, 0.3) is 0 Å². The molecule has 0 bridgehead atoms. The summed E-state index contributed by atoms with van der Waals surface area (Å²) in [6.07, 6.45) is 0. The molecule has 0 N–H and O–H groups in total. The molecule has 1 aromatic rings. The van der Waals surface area contributed by atoms with Crippen LogP contribution in [0.1, 0.15) is 36.7 Å². The van der Waals surface area contributed by atoms with Crippen molar-refractivity contribution in [1.82, 2.24) is 0 Å². The van der Waals surface area contributed by atoms with Crippen molar-refractivity contribution >= 4 is 23.5 Å². The van der Waals surface area contributed by atoms with Crippen molar-refractivity contribution in [3.05, 3.63) is 35.9 Å². The van der Waals surface area contributed by atoms with Gasteiger partial charge in [-0.3, -0.25) is 0 Å². The van der Waals surface area contributed by atoms with Gasteiger partial charge in [-0.1, -0.05) is 12.6 Å². The molecule has 9 heteroatoms. The molecule has 184 valence electrons. The maximum Gasteiger partial charge on any atom is 0.356 e. The number of esters is 3. The van der Waals surface area contributed by atoms with Crippen LogP contribution in [0, 0.1) is 0 Å². The van der Waals surface area contributed by atoms with Crippen LogP contribution < -0.4 is 4.74 Å². The van der Waals surface area contributed by atoms with E-state index in [2.05, 4.69) is 6.58 Å². The van der Waals surface area contributed by atoms with Crippen molar-refractivity contribution in [3.8, 4) is 5.75 Å². The van der Waals surface area contributed by atoms with Gasteiger partial charge in [0.2, 0.25) is 0 Å². The highest BCUT2D eigenvalue weighted by atomic mass is 16.6. The van der Waals surface area contributed by atoms with Gasteiger partial charge < -0.3 is 28.2 Å². The van der Waals surface area contributed by atoms with Gasteiger partial charge >= 0.3 is 23.5 Å². The van der Waals surface area contributed by atoms with Gasteiger partial charge in [0.15, 0.2) is 0 Å². The van der Waals surface area contributed by atoms with Crippen LogP contribution >= 0.6 is 0 Å². The number of methoxy groups -OCH3 is 3. The van der Waals surface area contributed by atoms with Gasteiger partial charge in [0.1, 0.15) is 23.5 Å². The summed E-state index contributed by atoms with van der Waals surface area (Å²) in [6, 6.07) is 4.87. The first-order valence-electron chi connectivity index (χ1n) is 10.3. The molecule has 33 heavy (non-hydrogen) atoms. The fourth-order valence-corrected chi connectivity index (χ4v) is 3.09. The normalized spacial score (nSPS) is 12.0. The Morgan fingerprint density at radius 3 is 1.94 bits per heavy atom. The van der Waals surface area contributed by atoms with Gasteiger partial charge in [-0.2, -0.15) is 0 Å². The third-order valence-electron chi connectivity index (χ3n) is 4.45. The number of hydrogen-bond acceptors (Lipinski definition) is 8. The molecular formula is C24H36NO8+. The van der Waals surface area contributed by atoms with Crippen LogP contribution in [0.15, 0.2) is 24.8 Å². The van der Waals surface area contributed by atoms with Gasteiger partial charge in [-0.25, -0.2) is 14.4 Å². The molecule has 0 spiro atoms. The predicted molar refractivity (Wildman–Crippen MR) is 123 cm³/mol. The molecule has 0 fully saturated rings. The van der Waals surface area contributed by atoms with E-state index >= 15 is 0 Å². The van der Waals surface area contributed by atoms with E-state index in [0.29, 0.717) is 16.9 Å². The van der Waals surface area contributed by atoms with Crippen LogP contribution in [0.3, 0.4) is 0 Å². The Bertz CT molecular complexity index is 877. The molecule has 0 amide bonds. The van der Waals surface area contributed by atoms with Crippen LogP contribution in [-0.4, -0.2) is 89.2 Å². The summed E-state index contributed by atoms with van der Waals surface area (Å²) in [6.45, 7) is 9.05. The second-order valence-electron chi connectivity index (χ2n) is 9.57. The van der Waals surface area contributed by atoms with Gasteiger partial charge in [-0.05, 0) is 44.0 Å². The third kappa shape index (κ3) is 7.57. The maximum absolute atomic E-state index is 12.7. The first kappa shape index (κ1) is 28.1. The quantitative estimate of drug-likeness (QED) is 0.225. The number of benzene rings is 1. The predicted octanol–water partition coefficient (Wildman–Crippen LogP) is 2.47. The zero-order valence-corrected chi connectivity index (χ0v) is 21.1. The average molecular weight is 467 g/mol. The Morgan fingerprint density at radius 1 is 0.970 bits per heavy atom. The van der Waals surface area contributed by atoms with E-state index in [1.54, 1.807) is 60.1 Å². The highest BCUT2D eigenvalue weighted by Gasteiger charge is 2.54. The van der Waals surface area contributed by atoms with Crippen LogP contribution in [0.2, 0.25) is 0 Å². The standard InChI is InChI=1S/C24H36NO8/c1-16(14-32-24(21(27)30-9,22(28)31-10)15-25(5,6)7)17-11-12-19(29-8)18(13-17)20(26)33-23(2,3)4/h11-13H,1,14-15H2,2-10H3/q+1. The number of hydrogen-bond donors (Lipinski definition) is 0. The zero-order valence-electron chi connectivity index (χ0n) is 21.1. The lowest BCUT2D eigenvalue weighted by atomic mass is 10.0. The molecule has 1 aromatic carbocycles. The van der Waals surface area contributed by atoms with Crippen molar-refractivity contribution in [2.45, 2.75) is 32.0 Å². The van der Waals surface area contributed by atoms with Gasteiger partial charge in [0.05, 0.1) is 49.1 Å². The van der Waals surface area contributed by atoms with Crippen molar-refractivity contribution in [2.75, 3.05) is 55.6 Å². The first-order valence-corrected chi connectivity index (χ1v) is 10.3. The first-order chi connectivity index (χ1) is 15.1. The van der Waals surface area contributed by atoms with Crippen LogP contribution in [0.4, 0.5) is 0 Å². The molecular weight excluding hydrogens is 430 g/mol. The highest BCUT2D eigenvalue weighted by Crippen LogP contribution is 2.28. The number of likely N-dealkylation sites (N-methyl/N-ethyl adjacent to an activating group) is 1. The van der Waals surface area contributed by atoms with E-state index < -0.39 is 29.1 Å². The van der Waals surface area contributed by atoms with E-state index in [1.807, 2.05) is 0 Å². The fraction of sp³-hybridized carbons (Fsp3) is 0.542. The summed E-state index contributed by atoms with van der Waals surface area (Å²) < 4.78 is 26.6. The van der Waals surface area contributed by atoms with Gasteiger partial charge in [0, 0.05) is 0 Å². The SMILES string of the molecule is C=C(COC(C[N+](C)(C)C)(C(=O)OC)C(=O)OC)c1ccc(OC)c(C(=O)OC(C)(C)C)c1. The number of nitrogens with zero attached hydrogens (tertiary/aromatic N) is 1. The molecule has 0 aromatic heterocycles. The molecule has 0 saturated carbocycles. The molecule has 0 saturated heterocycles. The molecule has 0 heterocycles. The molecule has 0 radical (unpaired) electrons. The molecule has 9 nitrogen and oxygen atoms in total. The zero-order chi connectivity index (χ0) is 25.6. The number of carbonyl (C=O) groups is 3. The summed E-state index contributed by atoms with van der Waals surface area (Å²) in [5.41, 5.74) is -1.51. The Kier molecular flexibility index (Phi) is 9.21. The Labute approximate surface area is 195 Å². The molecule has 0 aliphatic rings. The maximum atomic E-state index is 12.7. The number of ether oxygens (including phenoxy) is 5. The van der Waals surface area contributed by atoms with Crippen LogP contribution in [0.5, 0.6) is 5.75 Å². The average Bonchev–Trinajstić information content (AvgIpc) is 2.72. The smallest absolute Gasteiger partial charge is 0.356 e. The fourth-order valence-electron chi connectivity index (χ4n) is 3.09. The van der Waals surface area contributed by atoms with E-state index in [0.717, 1.165) is 0 Å². The minimum Gasteiger partial charge on any atom is -0.496 e. The minimum absolute atomic E-state index is 0.0363. The lowest BCUT2D eigenvalue weighted by Gasteiger charge is -2.35. The second-order valence-corrected chi connectivity index (χ2v) is 9.57. The largest absolute Gasteiger partial charge is 0.496 e. The van der Waals surface area contributed by atoms with Crippen molar-refractivity contribution in [1.29, 1.82) is 0 Å². The van der Waals surface area contributed by atoms with E-state index in [1.165, 1.54) is 21.3 Å². The lowest BCUT2D eigenvalue weighted by molar-refractivity contribution is -0.874. The molecule has 0 unspecified atom stereocenters. The van der Waals surface area contributed by atoms with Crippen LogP contribution in [-0.2, 0) is 28.5 Å². The summed E-state index contributed by atoms with van der Waals surface area (Å²) in [4.78, 5) is 38.0. The van der Waals surface area contributed by atoms with Crippen molar-refractivity contribution in [3.63, 3.8) is 0 Å². The monoisotopic (exact) mass is 466 g/mol. The molecule has 0 atom stereocenters. The summed E-state index contributed by atoms with van der Waals surface area (Å²) in [5.74, 6) is -1.97. The minimum atomic E-state index is -1.99. The Morgan fingerprint density at radius 2 is 1.52 bits per heavy atom. The molecule has 0 aliphatic heterocycles. The van der Waals surface area contributed by atoms with Crippen molar-refractivity contribution in [2.24, 2.45) is 0 Å². The topological polar surface area (TPSA) is 97.4 Å². The lowest BCUT2D eigenvalue weighted by Crippen LogP contribution is -2.61. The van der Waals surface area contributed by atoms with E-state index in [-0.39, 0.29) is 23.2 Å². The van der Waals surface area contributed by atoms with Crippen molar-refractivity contribution < 1.29 is 42.6 Å².